The van der Waals surface area contributed by atoms with Crippen LogP contribution in [0, 0.1) is 5.41 Å². The summed E-state index contributed by atoms with van der Waals surface area (Å²) in [4.78, 5) is 14.8. The summed E-state index contributed by atoms with van der Waals surface area (Å²) in [6, 6.07) is 0.230. The van der Waals surface area contributed by atoms with Crippen LogP contribution in [-0.4, -0.2) is 48.1 Å². The number of hydrogen-bond acceptors (Lipinski definition) is 4. The topological polar surface area (TPSA) is 91.4 Å². The fraction of sp³-hybridized carbons (Fsp3) is 0.882. The normalized spacial score (nSPS) is 17.8. The lowest BCUT2D eigenvalue weighted by atomic mass is 9.93. The minimum atomic E-state index is -0.472. The molecular formula is C17H34N4O2. The predicted molar refractivity (Wildman–Crippen MR) is 93.4 cm³/mol. The number of carbonyl (C=O) groups is 1. The van der Waals surface area contributed by atoms with Gasteiger partial charge in [0.15, 0.2) is 5.96 Å². The maximum Gasteiger partial charge on any atom is 0.323 e. The van der Waals surface area contributed by atoms with Crippen molar-refractivity contribution in [1.82, 2.24) is 10.2 Å². The highest BCUT2D eigenvalue weighted by atomic mass is 16.6. The third-order valence-electron chi connectivity index (χ3n) is 4.29. The third-order valence-corrected chi connectivity index (χ3v) is 4.29. The third kappa shape index (κ3) is 7.68. The van der Waals surface area contributed by atoms with Gasteiger partial charge in [-0.3, -0.25) is 15.1 Å². The zero-order chi connectivity index (χ0) is 17.5. The van der Waals surface area contributed by atoms with Gasteiger partial charge in [-0.1, -0.05) is 19.3 Å². The zero-order valence-electron chi connectivity index (χ0n) is 15.2. The molecule has 0 bridgehead atoms. The van der Waals surface area contributed by atoms with E-state index in [0.29, 0.717) is 19.0 Å². The summed E-state index contributed by atoms with van der Waals surface area (Å²) < 4.78 is 5.62. The summed E-state index contributed by atoms with van der Waals surface area (Å²) >= 11 is 0. The molecule has 0 aromatic heterocycles. The van der Waals surface area contributed by atoms with Gasteiger partial charge in [0.2, 0.25) is 0 Å². The molecule has 23 heavy (non-hydrogen) atoms. The van der Waals surface area contributed by atoms with Crippen LogP contribution in [-0.2, 0) is 9.53 Å². The SMILES string of the molecule is CN(C1CCCCC1)C(CCCNC(=N)N)C(=O)OC(C)(C)C. The van der Waals surface area contributed by atoms with Gasteiger partial charge in [-0.15, -0.1) is 0 Å². The number of guanidine groups is 1. The van der Waals surface area contributed by atoms with Gasteiger partial charge >= 0.3 is 5.97 Å². The minimum Gasteiger partial charge on any atom is -0.459 e. The molecule has 0 saturated heterocycles. The number of carbonyl (C=O) groups excluding carboxylic acids is 1. The Kier molecular flexibility index (Phi) is 7.82. The molecule has 0 spiro atoms. The van der Waals surface area contributed by atoms with Crippen molar-refractivity contribution in [2.75, 3.05) is 13.6 Å². The lowest BCUT2D eigenvalue weighted by molar-refractivity contribution is -0.162. The second-order valence-electron chi connectivity index (χ2n) is 7.49. The fourth-order valence-electron chi connectivity index (χ4n) is 3.12. The van der Waals surface area contributed by atoms with Crippen LogP contribution < -0.4 is 11.1 Å². The van der Waals surface area contributed by atoms with Crippen LogP contribution in [0.3, 0.4) is 0 Å². The number of likely N-dealkylation sites (N-methyl/N-ethyl adjacent to an activating group) is 1. The summed E-state index contributed by atoms with van der Waals surface area (Å²) in [5.74, 6) is -0.173. The first kappa shape index (κ1) is 19.7. The van der Waals surface area contributed by atoms with Crippen LogP contribution in [0.1, 0.15) is 65.7 Å². The Morgan fingerprint density at radius 2 is 1.96 bits per heavy atom. The second kappa shape index (κ2) is 9.11. The van der Waals surface area contributed by atoms with Crippen LogP contribution in [0.5, 0.6) is 0 Å². The van der Waals surface area contributed by atoms with Gasteiger partial charge in [-0.2, -0.15) is 0 Å². The molecule has 0 heterocycles. The Morgan fingerprint density at radius 3 is 2.48 bits per heavy atom. The van der Waals surface area contributed by atoms with E-state index in [9.17, 15) is 4.79 Å². The quantitative estimate of drug-likeness (QED) is 0.289. The molecule has 1 saturated carbocycles. The molecule has 1 unspecified atom stereocenters. The van der Waals surface area contributed by atoms with E-state index in [1.807, 2.05) is 27.8 Å². The molecule has 1 aliphatic rings. The molecule has 0 amide bonds. The van der Waals surface area contributed by atoms with Gasteiger partial charge in [0.05, 0.1) is 0 Å². The molecule has 0 aromatic carbocycles. The summed E-state index contributed by atoms with van der Waals surface area (Å²) in [6.45, 7) is 6.31. The van der Waals surface area contributed by atoms with Crippen LogP contribution >= 0.6 is 0 Å². The average molecular weight is 326 g/mol. The number of nitrogens with zero attached hydrogens (tertiary/aromatic N) is 1. The maximum absolute atomic E-state index is 12.6. The number of nitrogens with two attached hydrogens (primary N) is 1. The highest BCUT2D eigenvalue weighted by Gasteiger charge is 2.32. The smallest absolute Gasteiger partial charge is 0.323 e. The first-order valence-corrected chi connectivity index (χ1v) is 8.73. The Balaban J connectivity index is 2.65. The fourth-order valence-corrected chi connectivity index (χ4v) is 3.12. The van der Waals surface area contributed by atoms with E-state index in [4.69, 9.17) is 15.9 Å². The zero-order valence-corrected chi connectivity index (χ0v) is 15.2. The van der Waals surface area contributed by atoms with E-state index >= 15 is 0 Å². The number of hydrogen-bond donors (Lipinski definition) is 3. The van der Waals surface area contributed by atoms with Gasteiger partial charge in [0, 0.05) is 12.6 Å². The molecule has 0 aliphatic heterocycles. The summed E-state index contributed by atoms with van der Waals surface area (Å²) in [6.07, 6.45) is 7.57. The van der Waals surface area contributed by atoms with Crippen molar-refractivity contribution in [2.45, 2.75) is 83.4 Å². The standard InChI is InChI=1S/C17H34N4O2/c1-17(2,3)23-15(22)14(11-8-12-20-16(18)19)21(4)13-9-6-5-7-10-13/h13-14H,5-12H2,1-4H3,(H4,18,19,20). The maximum atomic E-state index is 12.6. The monoisotopic (exact) mass is 326 g/mol. The van der Waals surface area contributed by atoms with Crippen LogP contribution in [0.15, 0.2) is 0 Å². The van der Waals surface area contributed by atoms with E-state index in [2.05, 4.69) is 10.2 Å². The van der Waals surface area contributed by atoms with Crippen molar-refractivity contribution in [3.05, 3.63) is 0 Å². The molecule has 134 valence electrons. The first-order chi connectivity index (χ1) is 10.7. The molecule has 1 fully saturated rings. The molecule has 1 rings (SSSR count). The van der Waals surface area contributed by atoms with Crippen molar-refractivity contribution < 1.29 is 9.53 Å². The lowest BCUT2D eigenvalue weighted by Gasteiger charge is -2.37. The van der Waals surface area contributed by atoms with Crippen molar-refractivity contribution in [3.63, 3.8) is 0 Å². The Hall–Kier alpha value is -1.30. The highest BCUT2D eigenvalue weighted by molar-refractivity contribution is 5.76. The van der Waals surface area contributed by atoms with Gasteiger partial charge in [0.1, 0.15) is 11.6 Å². The predicted octanol–water partition coefficient (Wildman–Crippen LogP) is 2.22. The van der Waals surface area contributed by atoms with Gasteiger partial charge < -0.3 is 15.8 Å². The van der Waals surface area contributed by atoms with E-state index in [0.717, 1.165) is 19.3 Å². The van der Waals surface area contributed by atoms with E-state index < -0.39 is 5.60 Å². The number of rotatable bonds is 7. The van der Waals surface area contributed by atoms with Crippen molar-refractivity contribution in [3.8, 4) is 0 Å². The number of nitrogens with one attached hydrogen (secondary N) is 2. The molecule has 1 aliphatic carbocycles. The Labute approximate surface area is 140 Å². The van der Waals surface area contributed by atoms with Crippen LogP contribution in [0.2, 0.25) is 0 Å². The lowest BCUT2D eigenvalue weighted by Crippen LogP contribution is -2.48. The molecular weight excluding hydrogens is 292 g/mol. The molecule has 0 aromatic rings. The highest BCUT2D eigenvalue weighted by Crippen LogP contribution is 2.25. The second-order valence-corrected chi connectivity index (χ2v) is 7.49. The van der Waals surface area contributed by atoms with Gasteiger partial charge in [-0.25, -0.2) is 0 Å². The van der Waals surface area contributed by atoms with E-state index in [1.54, 1.807) is 0 Å². The summed E-state index contributed by atoms with van der Waals surface area (Å²) in [7, 11) is 2.04. The molecule has 6 heteroatoms. The molecule has 4 N–H and O–H groups in total. The average Bonchev–Trinajstić information content (AvgIpc) is 2.45. The van der Waals surface area contributed by atoms with Gasteiger partial charge in [-0.05, 0) is 53.5 Å². The molecule has 0 radical (unpaired) electrons. The molecule has 6 nitrogen and oxygen atoms in total. The summed E-state index contributed by atoms with van der Waals surface area (Å²) in [5.41, 5.74) is 4.83. The van der Waals surface area contributed by atoms with Crippen molar-refractivity contribution in [1.29, 1.82) is 5.41 Å². The first-order valence-electron chi connectivity index (χ1n) is 8.73. The van der Waals surface area contributed by atoms with E-state index in [-0.39, 0.29) is 18.0 Å². The minimum absolute atomic E-state index is 0.0283. The van der Waals surface area contributed by atoms with Crippen LogP contribution in [0.25, 0.3) is 0 Å². The molecule has 1 atom stereocenters. The van der Waals surface area contributed by atoms with Crippen molar-refractivity contribution >= 4 is 11.9 Å². The van der Waals surface area contributed by atoms with Crippen LogP contribution in [0.4, 0.5) is 0 Å². The van der Waals surface area contributed by atoms with Gasteiger partial charge in [0.25, 0.3) is 0 Å². The largest absolute Gasteiger partial charge is 0.459 e. The Bertz CT molecular complexity index is 387. The van der Waals surface area contributed by atoms with E-state index in [1.165, 1.54) is 19.3 Å². The Morgan fingerprint density at radius 1 is 1.35 bits per heavy atom. The number of ether oxygens (including phenoxy) is 1. The summed E-state index contributed by atoms with van der Waals surface area (Å²) in [5, 5.41) is 9.99. The van der Waals surface area contributed by atoms with Crippen molar-refractivity contribution in [2.24, 2.45) is 5.73 Å². The number of esters is 1.